The Balaban J connectivity index is 2.17. The van der Waals surface area contributed by atoms with Crippen molar-refractivity contribution in [3.8, 4) is 0 Å². The van der Waals surface area contributed by atoms with Crippen LogP contribution in [0.5, 0.6) is 0 Å². The van der Waals surface area contributed by atoms with Gasteiger partial charge in [-0.25, -0.2) is 0 Å². The highest BCUT2D eigenvalue weighted by Crippen LogP contribution is 2.41. The fourth-order valence-corrected chi connectivity index (χ4v) is 3.65. The molecular formula is C19H28OSi. The van der Waals surface area contributed by atoms with Gasteiger partial charge in [0.15, 0.2) is 0 Å². The van der Waals surface area contributed by atoms with Crippen molar-refractivity contribution in [1.82, 2.24) is 0 Å². The topological polar surface area (TPSA) is 9.23 Å². The van der Waals surface area contributed by atoms with Crippen LogP contribution in [0.4, 0.5) is 0 Å². The molecule has 0 radical (unpaired) electrons. The summed E-state index contributed by atoms with van der Waals surface area (Å²) in [7, 11) is -1.50. The molecule has 2 heteroatoms. The largest absolute Gasteiger partial charge is 0.548 e. The Kier molecular flexibility index (Phi) is 4.77. The van der Waals surface area contributed by atoms with E-state index in [9.17, 15) is 0 Å². The maximum absolute atomic E-state index is 6.22. The van der Waals surface area contributed by atoms with Gasteiger partial charge in [0, 0.05) is 12.3 Å². The van der Waals surface area contributed by atoms with E-state index in [-0.39, 0.29) is 0 Å². The predicted octanol–water partition coefficient (Wildman–Crippen LogP) is 5.87. The molecule has 1 aliphatic rings. The Morgan fingerprint density at radius 1 is 1.14 bits per heavy atom. The van der Waals surface area contributed by atoms with E-state index in [4.69, 9.17) is 4.43 Å². The molecule has 0 spiro atoms. The first-order valence-corrected chi connectivity index (χ1v) is 11.3. The molecule has 0 bridgehead atoms. The van der Waals surface area contributed by atoms with Crippen LogP contribution in [-0.4, -0.2) is 8.32 Å². The average molecular weight is 301 g/mol. The Morgan fingerprint density at radius 2 is 1.81 bits per heavy atom. The van der Waals surface area contributed by atoms with Gasteiger partial charge in [-0.2, -0.15) is 0 Å². The van der Waals surface area contributed by atoms with Gasteiger partial charge >= 0.3 is 0 Å². The lowest BCUT2D eigenvalue weighted by atomic mass is 9.71. The molecule has 114 valence electrons. The molecule has 1 unspecified atom stereocenters. The van der Waals surface area contributed by atoms with Gasteiger partial charge in [0.05, 0.1) is 5.76 Å². The highest BCUT2D eigenvalue weighted by molar-refractivity contribution is 6.70. The van der Waals surface area contributed by atoms with Gasteiger partial charge in [-0.1, -0.05) is 56.3 Å². The molecule has 2 rings (SSSR count). The van der Waals surface area contributed by atoms with Crippen LogP contribution in [0.25, 0.3) is 6.08 Å². The zero-order chi connectivity index (χ0) is 15.5. The SMILES string of the molecule is CC1(C)CCC(O[Si](C)(C)C)=CC1/C=C\c1ccccc1. The van der Waals surface area contributed by atoms with E-state index in [1.165, 1.54) is 17.7 Å². The lowest BCUT2D eigenvalue weighted by Crippen LogP contribution is -2.30. The zero-order valence-corrected chi connectivity index (χ0v) is 15.0. The van der Waals surface area contributed by atoms with Crippen LogP contribution in [0.2, 0.25) is 19.6 Å². The molecule has 21 heavy (non-hydrogen) atoms. The minimum atomic E-state index is -1.50. The number of rotatable bonds is 4. The van der Waals surface area contributed by atoms with Crippen molar-refractivity contribution < 1.29 is 4.43 Å². The first-order chi connectivity index (χ1) is 9.76. The smallest absolute Gasteiger partial charge is 0.241 e. The lowest BCUT2D eigenvalue weighted by Gasteiger charge is -2.37. The van der Waals surface area contributed by atoms with Crippen molar-refractivity contribution in [3.05, 3.63) is 53.8 Å². The number of benzene rings is 1. The molecule has 1 aromatic carbocycles. The van der Waals surface area contributed by atoms with E-state index in [1.807, 2.05) is 0 Å². The Hall–Kier alpha value is -1.28. The first-order valence-electron chi connectivity index (χ1n) is 7.89. The fraction of sp³-hybridized carbons (Fsp3) is 0.474. The molecule has 0 saturated carbocycles. The summed E-state index contributed by atoms with van der Waals surface area (Å²) in [4.78, 5) is 0. The third-order valence-corrected chi connectivity index (χ3v) is 4.89. The minimum Gasteiger partial charge on any atom is -0.548 e. The van der Waals surface area contributed by atoms with E-state index in [2.05, 4.69) is 82.0 Å². The number of hydrogen-bond donors (Lipinski definition) is 0. The highest BCUT2D eigenvalue weighted by Gasteiger charge is 2.32. The summed E-state index contributed by atoms with van der Waals surface area (Å²) in [6.45, 7) is 11.5. The summed E-state index contributed by atoms with van der Waals surface area (Å²) in [5.74, 6) is 1.65. The molecule has 0 heterocycles. The van der Waals surface area contributed by atoms with E-state index in [0.717, 1.165) is 6.42 Å². The van der Waals surface area contributed by atoms with E-state index < -0.39 is 8.32 Å². The molecule has 1 atom stereocenters. The molecule has 0 N–H and O–H groups in total. The monoisotopic (exact) mass is 300 g/mol. The molecule has 0 saturated heterocycles. The zero-order valence-electron chi connectivity index (χ0n) is 14.0. The standard InChI is InChI=1S/C19H28OSi/c1-19(2)14-13-18(20-21(3,4)5)15-17(19)12-11-16-9-7-6-8-10-16/h6-12,15,17H,13-14H2,1-5H3/b12-11-. The van der Waals surface area contributed by atoms with Gasteiger partial charge in [-0.3, -0.25) is 0 Å². The highest BCUT2D eigenvalue weighted by atomic mass is 28.4. The van der Waals surface area contributed by atoms with Crippen LogP contribution in [0.1, 0.15) is 32.3 Å². The summed E-state index contributed by atoms with van der Waals surface area (Å²) in [5.41, 5.74) is 1.57. The minimum absolute atomic E-state index is 0.303. The van der Waals surface area contributed by atoms with Crippen LogP contribution in [0.3, 0.4) is 0 Å². The Bertz CT molecular complexity index is 520. The summed E-state index contributed by atoms with van der Waals surface area (Å²) >= 11 is 0. The second-order valence-corrected chi connectivity index (χ2v) is 12.1. The lowest BCUT2D eigenvalue weighted by molar-refractivity contribution is 0.230. The molecule has 0 aliphatic heterocycles. The molecular weight excluding hydrogens is 272 g/mol. The van der Waals surface area contributed by atoms with Crippen LogP contribution in [-0.2, 0) is 4.43 Å². The quantitative estimate of drug-likeness (QED) is 0.632. The second-order valence-electron chi connectivity index (χ2n) is 7.63. The predicted molar refractivity (Wildman–Crippen MR) is 94.5 cm³/mol. The van der Waals surface area contributed by atoms with Crippen LogP contribution >= 0.6 is 0 Å². The van der Waals surface area contributed by atoms with Gasteiger partial charge in [-0.05, 0) is 43.1 Å². The summed E-state index contributed by atoms with van der Waals surface area (Å²) in [6.07, 6.45) is 9.18. The van der Waals surface area contributed by atoms with Crippen LogP contribution in [0.15, 0.2) is 48.2 Å². The average Bonchev–Trinajstić information content (AvgIpc) is 2.39. The number of hydrogen-bond acceptors (Lipinski definition) is 1. The van der Waals surface area contributed by atoms with Crippen molar-refractivity contribution in [2.75, 3.05) is 0 Å². The van der Waals surface area contributed by atoms with Gasteiger partial charge in [0.25, 0.3) is 0 Å². The maximum Gasteiger partial charge on any atom is 0.241 e. The first kappa shape index (κ1) is 16.1. The molecule has 1 aromatic rings. The molecule has 1 aliphatic carbocycles. The van der Waals surface area contributed by atoms with E-state index >= 15 is 0 Å². The second kappa shape index (κ2) is 6.23. The van der Waals surface area contributed by atoms with E-state index in [0.29, 0.717) is 11.3 Å². The summed E-state index contributed by atoms with van der Waals surface area (Å²) in [6, 6.07) is 10.5. The van der Waals surface area contributed by atoms with Crippen molar-refractivity contribution in [3.63, 3.8) is 0 Å². The normalized spacial score (nSPS) is 22.1. The maximum atomic E-state index is 6.22. The third kappa shape index (κ3) is 4.89. The van der Waals surface area contributed by atoms with Crippen LogP contribution < -0.4 is 0 Å². The van der Waals surface area contributed by atoms with Crippen molar-refractivity contribution in [2.24, 2.45) is 11.3 Å². The van der Waals surface area contributed by atoms with Gasteiger partial charge in [0.2, 0.25) is 8.32 Å². The summed E-state index contributed by atoms with van der Waals surface area (Å²) < 4.78 is 6.22. The molecule has 0 amide bonds. The third-order valence-electron chi connectivity index (χ3n) is 4.02. The Labute approximate surface area is 130 Å². The van der Waals surface area contributed by atoms with Crippen molar-refractivity contribution in [2.45, 2.75) is 46.3 Å². The van der Waals surface area contributed by atoms with E-state index in [1.54, 1.807) is 0 Å². The van der Waals surface area contributed by atoms with Gasteiger partial charge in [0.1, 0.15) is 0 Å². The molecule has 0 fully saturated rings. The van der Waals surface area contributed by atoms with Crippen molar-refractivity contribution >= 4 is 14.4 Å². The molecule has 0 aromatic heterocycles. The molecule has 1 nitrogen and oxygen atoms in total. The van der Waals surface area contributed by atoms with Gasteiger partial charge in [-0.15, -0.1) is 0 Å². The summed E-state index contributed by atoms with van der Waals surface area (Å²) in [5, 5.41) is 0. The van der Waals surface area contributed by atoms with Crippen LogP contribution in [0, 0.1) is 11.3 Å². The Morgan fingerprint density at radius 3 is 2.43 bits per heavy atom. The van der Waals surface area contributed by atoms with Crippen molar-refractivity contribution in [1.29, 1.82) is 0 Å². The van der Waals surface area contributed by atoms with Gasteiger partial charge < -0.3 is 4.43 Å². The fourth-order valence-electron chi connectivity index (χ4n) is 2.69. The number of allylic oxidation sites excluding steroid dienone is 3.